The van der Waals surface area contributed by atoms with E-state index < -0.39 is 5.97 Å². The Labute approximate surface area is 134 Å². The molecule has 1 heterocycles. The molecule has 1 amide bonds. The molecular weight excluding hydrogens is 298 g/mol. The van der Waals surface area contributed by atoms with E-state index in [1.54, 1.807) is 12.1 Å². The summed E-state index contributed by atoms with van der Waals surface area (Å²) in [5.41, 5.74) is 0.593. The third-order valence-corrected chi connectivity index (χ3v) is 5.11. The van der Waals surface area contributed by atoms with Gasteiger partial charge in [0.05, 0.1) is 18.1 Å². The van der Waals surface area contributed by atoms with E-state index in [-0.39, 0.29) is 35.5 Å². The zero-order chi connectivity index (χ0) is 16.4. The smallest absolute Gasteiger partial charge is 0.335 e. The highest BCUT2D eigenvalue weighted by Gasteiger charge is 2.55. The molecule has 1 spiro atoms. The van der Waals surface area contributed by atoms with Crippen molar-refractivity contribution >= 4 is 11.9 Å². The molecule has 6 heteroatoms. The molecule has 1 aliphatic heterocycles. The SMILES string of the molecule is O=C(Cc1cccc(C(=O)O)c1)N[C@@H]1C[C@@H](O)C12CCOCC2. The summed E-state index contributed by atoms with van der Waals surface area (Å²) >= 11 is 0. The Morgan fingerprint density at radius 1 is 1.30 bits per heavy atom. The summed E-state index contributed by atoms with van der Waals surface area (Å²) in [5, 5.41) is 22.1. The van der Waals surface area contributed by atoms with Crippen LogP contribution in [-0.2, 0) is 16.0 Å². The maximum Gasteiger partial charge on any atom is 0.335 e. The normalized spacial score (nSPS) is 25.6. The lowest BCUT2D eigenvalue weighted by atomic mass is 9.58. The largest absolute Gasteiger partial charge is 0.478 e. The van der Waals surface area contributed by atoms with Crippen LogP contribution in [0.4, 0.5) is 0 Å². The highest BCUT2D eigenvalue weighted by molar-refractivity contribution is 5.88. The van der Waals surface area contributed by atoms with Crippen molar-refractivity contribution in [3.05, 3.63) is 35.4 Å². The van der Waals surface area contributed by atoms with Gasteiger partial charge in [-0.3, -0.25) is 4.79 Å². The number of carboxylic acids is 1. The molecule has 0 radical (unpaired) electrons. The van der Waals surface area contributed by atoms with Crippen LogP contribution in [0, 0.1) is 5.41 Å². The Balaban J connectivity index is 1.61. The van der Waals surface area contributed by atoms with Gasteiger partial charge in [0.2, 0.25) is 5.91 Å². The molecular formula is C17H21NO5. The van der Waals surface area contributed by atoms with Gasteiger partial charge in [0.25, 0.3) is 0 Å². The van der Waals surface area contributed by atoms with Gasteiger partial charge in [-0.2, -0.15) is 0 Å². The summed E-state index contributed by atoms with van der Waals surface area (Å²) in [7, 11) is 0. The van der Waals surface area contributed by atoms with Crippen molar-refractivity contribution < 1.29 is 24.5 Å². The summed E-state index contributed by atoms with van der Waals surface area (Å²) in [6.45, 7) is 1.23. The van der Waals surface area contributed by atoms with Crippen molar-refractivity contribution in [2.24, 2.45) is 5.41 Å². The van der Waals surface area contributed by atoms with Gasteiger partial charge >= 0.3 is 5.97 Å². The van der Waals surface area contributed by atoms with Gasteiger partial charge in [-0.05, 0) is 37.0 Å². The van der Waals surface area contributed by atoms with E-state index in [1.165, 1.54) is 12.1 Å². The van der Waals surface area contributed by atoms with Crippen molar-refractivity contribution in [3.8, 4) is 0 Å². The Morgan fingerprint density at radius 2 is 2.04 bits per heavy atom. The van der Waals surface area contributed by atoms with Crippen LogP contribution < -0.4 is 5.32 Å². The molecule has 1 saturated carbocycles. The molecule has 2 aliphatic rings. The van der Waals surface area contributed by atoms with Crippen molar-refractivity contribution in [1.29, 1.82) is 0 Å². The zero-order valence-corrected chi connectivity index (χ0v) is 12.8. The molecule has 6 nitrogen and oxygen atoms in total. The van der Waals surface area contributed by atoms with Crippen LogP contribution in [0.3, 0.4) is 0 Å². The topological polar surface area (TPSA) is 95.9 Å². The van der Waals surface area contributed by atoms with Crippen molar-refractivity contribution in [3.63, 3.8) is 0 Å². The monoisotopic (exact) mass is 319 g/mol. The van der Waals surface area contributed by atoms with E-state index in [1.807, 2.05) is 0 Å². The molecule has 1 aromatic rings. The molecule has 0 aromatic heterocycles. The zero-order valence-electron chi connectivity index (χ0n) is 12.8. The quantitative estimate of drug-likeness (QED) is 0.768. The van der Waals surface area contributed by atoms with Gasteiger partial charge in [0, 0.05) is 24.7 Å². The van der Waals surface area contributed by atoms with Crippen LogP contribution in [0.1, 0.15) is 35.2 Å². The number of carboxylic acid groups (broad SMARTS) is 1. The van der Waals surface area contributed by atoms with E-state index in [9.17, 15) is 14.7 Å². The molecule has 3 N–H and O–H groups in total. The average Bonchev–Trinajstić information content (AvgIpc) is 2.55. The second-order valence-electron chi connectivity index (χ2n) is 6.40. The lowest BCUT2D eigenvalue weighted by molar-refractivity contribution is -0.155. The number of ether oxygens (including phenoxy) is 1. The van der Waals surface area contributed by atoms with Gasteiger partial charge in [-0.1, -0.05) is 12.1 Å². The fourth-order valence-electron chi connectivity index (χ4n) is 3.65. The maximum atomic E-state index is 12.3. The Hall–Kier alpha value is -1.92. The number of aromatic carboxylic acids is 1. The molecule has 2 atom stereocenters. The molecule has 23 heavy (non-hydrogen) atoms. The molecule has 3 rings (SSSR count). The predicted molar refractivity (Wildman–Crippen MR) is 82.1 cm³/mol. The van der Waals surface area contributed by atoms with Crippen molar-refractivity contribution in [2.45, 2.75) is 37.8 Å². The fourth-order valence-corrected chi connectivity index (χ4v) is 3.65. The van der Waals surface area contributed by atoms with Crippen molar-refractivity contribution in [2.75, 3.05) is 13.2 Å². The Morgan fingerprint density at radius 3 is 2.70 bits per heavy atom. The van der Waals surface area contributed by atoms with Crippen LogP contribution in [0.15, 0.2) is 24.3 Å². The maximum absolute atomic E-state index is 12.3. The van der Waals surface area contributed by atoms with Crippen LogP contribution in [0.5, 0.6) is 0 Å². The number of hydrogen-bond donors (Lipinski definition) is 3. The number of amides is 1. The lowest BCUT2D eigenvalue weighted by Gasteiger charge is -2.55. The lowest BCUT2D eigenvalue weighted by Crippen LogP contribution is -2.65. The van der Waals surface area contributed by atoms with E-state index >= 15 is 0 Å². The minimum absolute atomic E-state index is 0.0310. The number of aliphatic hydroxyl groups is 1. The van der Waals surface area contributed by atoms with E-state index in [4.69, 9.17) is 9.84 Å². The highest BCUT2D eigenvalue weighted by Crippen LogP contribution is 2.48. The molecule has 0 bridgehead atoms. The molecule has 1 aromatic carbocycles. The number of aliphatic hydroxyl groups excluding tert-OH is 1. The van der Waals surface area contributed by atoms with Crippen molar-refractivity contribution in [1.82, 2.24) is 5.32 Å². The fraction of sp³-hybridized carbons (Fsp3) is 0.529. The summed E-state index contributed by atoms with van der Waals surface area (Å²) in [6, 6.07) is 6.37. The highest BCUT2D eigenvalue weighted by atomic mass is 16.5. The molecule has 0 unspecified atom stereocenters. The Bertz CT molecular complexity index is 609. The van der Waals surface area contributed by atoms with E-state index in [0.717, 1.165) is 12.8 Å². The van der Waals surface area contributed by atoms with Crippen LogP contribution in [-0.4, -0.2) is 47.4 Å². The van der Waals surface area contributed by atoms with Gasteiger partial charge in [0.15, 0.2) is 0 Å². The van der Waals surface area contributed by atoms with Crippen LogP contribution >= 0.6 is 0 Å². The first kappa shape index (κ1) is 16.0. The first-order chi connectivity index (χ1) is 11.0. The van der Waals surface area contributed by atoms with Crippen LogP contribution in [0.2, 0.25) is 0 Å². The van der Waals surface area contributed by atoms with E-state index in [0.29, 0.717) is 25.2 Å². The second kappa shape index (κ2) is 6.29. The molecule has 124 valence electrons. The summed E-state index contributed by atoms with van der Waals surface area (Å²) < 4.78 is 5.35. The number of nitrogens with one attached hydrogen (secondary N) is 1. The third-order valence-electron chi connectivity index (χ3n) is 5.11. The average molecular weight is 319 g/mol. The number of carbonyl (C=O) groups is 2. The van der Waals surface area contributed by atoms with Gasteiger partial charge in [-0.15, -0.1) is 0 Å². The van der Waals surface area contributed by atoms with E-state index in [2.05, 4.69) is 5.32 Å². The number of carbonyl (C=O) groups excluding carboxylic acids is 1. The standard InChI is InChI=1S/C17H21NO5/c19-14-10-13(17(14)4-6-23-7-5-17)18-15(20)9-11-2-1-3-12(8-11)16(21)22/h1-3,8,13-14,19H,4-7,9-10H2,(H,18,20)(H,21,22)/t13-,14-/m1/s1. The van der Waals surface area contributed by atoms with Gasteiger partial charge in [-0.25, -0.2) is 4.79 Å². The minimum atomic E-state index is -1.00. The summed E-state index contributed by atoms with van der Waals surface area (Å²) in [4.78, 5) is 23.2. The first-order valence-electron chi connectivity index (χ1n) is 7.89. The Kier molecular flexibility index (Phi) is 4.37. The molecule has 2 fully saturated rings. The number of rotatable bonds is 4. The van der Waals surface area contributed by atoms with Crippen LogP contribution in [0.25, 0.3) is 0 Å². The summed E-state index contributed by atoms with van der Waals surface area (Å²) in [5.74, 6) is -1.15. The number of hydrogen-bond acceptors (Lipinski definition) is 4. The predicted octanol–water partition coefficient (Wildman–Crippen LogP) is 0.973. The second-order valence-corrected chi connectivity index (χ2v) is 6.40. The minimum Gasteiger partial charge on any atom is -0.478 e. The van der Waals surface area contributed by atoms with Gasteiger partial charge < -0.3 is 20.3 Å². The first-order valence-corrected chi connectivity index (χ1v) is 7.89. The third kappa shape index (κ3) is 3.09. The molecule has 1 saturated heterocycles. The molecule has 1 aliphatic carbocycles. The number of benzene rings is 1. The van der Waals surface area contributed by atoms with Gasteiger partial charge in [0.1, 0.15) is 0 Å². The summed E-state index contributed by atoms with van der Waals surface area (Å²) in [6.07, 6.45) is 1.84.